The molecule has 2 heterocycles. The minimum absolute atomic E-state index is 0.103. The van der Waals surface area contributed by atoms with Gasteiger partial charge in [0.05, 0.1) is 12.8 Å². The number of carbonyl (C=O) groups is 1. The Bertz CT molecular complexity index is 686. The zero-order valence-electron chi connectivity index (χ0n) is 10.6. The average Bonchev–Trinajstić information content (AvgIpc) is 2.77. The van der Waals surface area contributed by atoms with Gasteiger partial charge in [-0.2, -0.15) is 13.5 Å². The lowest BCUT2D eigenvalue weighted by atomic mass is 10.2. The lowest BCUT2D eigenvalue weighted by Gasteiger charge is -2.22. The minimum Gasteiger partial charge on any atom is -0.464 e. The fourth-order valence-electron chi connectivity index (χ4n) is 1.59. The molecule has 0 atom stereocenters. The van der Waals surface area contributed by atoms with Crippen LogP contribution in [0.15, 0.2) is 28.4 Å². The number of aromatic nitrogens is 2. The molecule has 0 bridgehead atoms. The number of methoxy groups -OCH3 is 1. The standard InChI is InChI=1S/C10H12N4O4S/c1-13-8(4-5-11-13)7-6-9(10(15)18-3)14(2)19(16,17)12-7/h4-6H,1-3H3. The highest BCUT2D eigenvalue weighted by molar-refractivity contribution is 7.88. The fraction of sp³-hybridized carbons (Fsp3) is 0.300. The molecule has 1 aliphatic rings. The molecule has 2 rings (SSSR count). The summed E-state index contributed by atoms with van der Waals surface area (Å²) in [6, 6.07) is 1.60. The maximum absolute atomic E-state index is 11.9. The van der Waals surface area contributed by atoms with Crippen molar-refractivity contribution in [2.24, 2.45) is 11.4 Å². The van der Waals surface area contributed by atoms with Crippen molar-refractivity contribution in [3.8, 4) is 0 Å². The Morgan fingerprint density at radius 2 is 2.05 bits per heavy atom. The van der Waals surface area contributed by atoms with Crippen molar-refractivity contribution < 1.29 is 17.9 Å². The predicted molar refractivity (Wildman–Crippen MR) is 66.5 cm³/mol. The normalized spacial score (nSPS) is 17.7. The largest absolute Gasteiger partial charge is 0.464 e. The summed E-state index contributed by atoms with van der Waals surface area (Å²) in [7, 11) is 0.118. The van der Waals surface area contributed by atoms with E-state index in [0.29, 0.717) is 5.69 Å². The summed E-state index contributed by atoms with van der Waals surface area (Å²) in [6.45, 7) is 0. The topological polar surface area (TPSA) is 93.9 Å². The van der Waals surface area contributed by atoms with Gasteiger partial charge in [0.1, 0.15) is 11.4 Å². The van der Waals surface area contributed by atoms with Crippen LogP contribution in [0.1, 0.15) is 5.69 Å². The predicted octanol–water partition coefficient (Wildman–Crippen LogP) is -0.544. The van der Waals surface area contributed by atoms with E-state index in [1.54, 1.807) is 13.1 Å². The van der Waals surface area contributed by atoms with E-state index in [4.69, 9.17) is 0 Å². The highest BCUT2D eigenvalue weighted by Gasteiger charge is 2.31. The van der Waals surface area contributed by atoms with Crippen LogP contribution in [-0.2, 0) is 26.8 Å². The molecule has 1 aromatic heterocycles. The zero-order valence-corrected chi connectivity index (χ0v) is 11.4. The summed E-state index contributed by atoms with van der Waals surface area (Å²) in [5.41, 5.74) is 0.519. The van der Waals surface area contributed by atoms with Gasteiger partial charge in [0.25, 0.3) is 0 Å². The Hall–Kier alpha value is -2.16. The van der Waals surface area contributed by atoms with E-state index in [0.717, 1.165) is 4.31 Å². The molecule has 0 spiro atoms. The minimum atomic E-state index is -3.95. The van der Waals surface area contributed by atoms with E-state index < -0.39 is 16.2 Å². The molecule has 0 amide bonds. The van der Waals surface area contributed by atoms with E-state index in [-0.39, 0.29) is 11.4 Å². The number of allylic oxidation sites excluding steroid dienone is 1. The summed E-state index contributed by atoms with van der Waals surface area (Å²) in [6.07, 6.45) is 2.86. The van der Waals surface area contributed by atoms with Crippen LogP contribution in [0.5, 0.6) is 0 Å². The van der Waals surface area contributed by atoms with Crippen molar-refractivity contribution in [1.82, 2.24) is 14.1 Å². The van der Waals surface area contributed by atoms with Crippen LogP contribution < -0.4 is 0 Å². The molecule has 0 fully saturated rings. The van der Waals surface area contributed by atoms with E-state index in [1.807, 2.05) is 0 Å². The van der Waals surface area contributed by atoms with Crippen LogP contribution in [0.4, 0.5) is 0 Å². The first kappa shape index (κ1) is 13.3. The molecule has 19 heavy (non-hydrogen) atoms. The van der Waals surface area contributed by atoms with Crippen molar-refractivity contribution in [2.75, 3.05) is 14.2 Å². The van der Waals surface area contributed by atoms with Crippen LogP contribution >= 0.6 is 0 Å². The second-order valence-electron chi connectivity index (χ2n) is 3.78. The molecule has 102 valence electrons. The van der Waals surface area contributed by atoms with Gasteiger partial charge in [-0.1, -0.05) is 0 Å². The van der Waals surface area contributed by atoms with Crippen molar-refractivity contribution in [1.29, 1.82) is 0 Å². The van der Waals surface area contributed by atoms with Crippen LogP contribution in [0.3, 0.4) is 0 Å². The number of hydrogen-bond donors (Lipinski definition) is 0. The van der Waals surface area contributed by atoms with Crippen LogP contribution in [0.2, 0.25) is 0 Å². The van der Waals surface area contributed by atoms with Gasteiger partial charge in [-0.05, 0) is 12.1 Å². The number of hydrogen-bond acceptors (Lipinski definition) is 5. The van der Waals surface area contributed by atoms with Crippen molar-refractivity contribution in [3.63, 3.8) is 0 Å². The van der Waals surface area contributed by atoms with E-state index in [9.17, 15) is 13.2 Å². The highest BCUT2D eigenvalue weighted by Crippen LogP contribution is 2.19. The fourth-order valence-corrected chi connectivity index (χ4v) is 2.49. The first-order valence-corrected chi connectivity index (χ1v) is 6.63. The molecule has 9 heteroatoms. The molecular formula is C10H12N4O4S. The molecule has 0 N–H and O–H groups in total. The molecule has 0 aliphatic carbocycles. The average molecular weight is 284 g/mol. The van der Waals surface area contributed by atoms with Crippen LogP contribution in [0.25, 0.3) is 0 Å². The first-order valence-electron chi connectivity index (χ1n) is 5.24. The maximum Gasteiger partial charge on any atom is 0.355 e. The van der Waals surface area contributed by atoms with Gasteiger partial charge >= 0.3 is 16.2 Å². The van der Waals surface area contributed by atoms with Gasteiger partial charge in [-0.25, -0.2) is 9.10 Å². The second kappa shape index (κ2) is 4.50. The molecule has 8 nitrogen and oxygen atoms in total. The number of esters is 1. The zero-order chi connectivity index (χ0) is 14.2. The van der Waals surface area contributed by atoms with E-state index >= 15 is 0 Å². The summed E-state index contributed by atoms with van der Waals surface area (Å²) < 4.78 is 34.2. The number of rotatable bonds is 2. The summed E-state index contributed by atoms with van der Waals surface area (Å²) >= 11 is 0. The third-order valence-corrected chi connectivity index (χ3v) is 3.97. The molecule has 0 saturated carbocycles. The Morgan fingerprint density at radius 3 is 2.58 bits per heavy atom. The molecule has 0 radical (unpaired) electrons. The van der Waals surface area contributed by atoms with Crippen molar-refractivity contribution in [3.05, 3.63) is 29.7 Å². The molecule has 1 aromatic rings. The Balaban J connectivity index is 2.59. The van der Waals surface area contributed by atoms with Gasteiger partial charge in [-0.15, -0.1) is 4.40 Å². The first-order chi connectivity index (χ1) is 8.86. The number of ether oxygens (including phenoxy) is 1. The summed E-state index contributed by atoms with van der Waals surface area (Å²) in [4.78, 5) is 11.6. The molecule has 0 unspecified atom stereocenters. The SMILES string of the molecule is COC(=O)C1=CC(c2ccnn2C)=NS(=O)(=O)N1C. The van der Waals surface area contributed by atoms with Gasteiger partial charge in [0, 0.05) is 20.3 Å². The molecule has 1 aliphatic heterocycles. The second-order valence-corrected chi connectivity index (χ2v) is 5.41. The number of nitrogens with zero attached hydrogens (tertiary/aromatic N) is 4. The van der Waals surface area contributed by atoms with E-state index in [2.05, 4.69) is 14.2 Å². The smallest absolute Gasteiger partial charge is 0.355 e. The van der Waals surface area contributed by atoms with E-state index in [1.165, 1.54) is 31.1 Å². The van der Waals surface area contributed by atoms with Crippen LogP contribution in [0, 0.1) is 0 Å². The third-order valence-electron chi connectivity index (χ3n) is 2.65. The number of aryl methyl sites for hydroxylation is 1. The van der Waals surface area contributed by atoms with Gasteiger partial charge in [0.2, 0.25) is 0 Å². The monoisotopic (exact) mass is 284 g/mol. The molecular weight excluding hydrogens is 272 g/mol. The molecule has 0 saturated heterocycles. The van der Waals surface area contributed by atoms with Crippen molar-refractivity contribution >= 4 is 21.9 Å². The number of likely N-dealkylation sites (N-methyl/N-ethyl adjacent to an activating group) is 1. The highest BCUT2D eigenvalue weighted by atomic mass is 32.2. The molecule has 0 aromatic carbocycles. The third kappa shape index (κ3) is 2.24. The Labute approximate surface area is 110 Å². The lowest BCUT2D eigenvalue weighted by Crippen LogP contribution is -2.34. The van der Waals surface area contributed by atoms with Crippen LogP contribution in [-0.4, -0.2) is 48.3 Å². The van der Waals surface area contributed by atoms with Gasteiger partial charge in [0.15, 0.2) is 0 Å². The van der Waals surface area contributed by atoms with Gasteiger partial charge < -0.3 is 4.74 Å². The van der Waals surface area contributed by atoms with Gasteiger partial charge in [-0.3, -0.25) is 4.68 Å². The lowest BCUT2D eigenvalue weighted by molar-refractivity contribution is -0.137. The maximum atomic E-state index is 11.9. The number of carbonyl (C=O) groups excluding carboxylic acids is 1. The Kier molecular flexibility index (Phi) is 3.14. The summed E-state index contributed by atoms with van der Waals surface area (Å²) in [5, 5.41) is 3.93. The van der Waals surface area contributed by atoms with Crippen molar-refractivity contribution in [2.45, 2.75) is 0 Å². The Morgan fingerprint density at radius 1 is 1.37 bits per heavy atom. The quantitative estimate of drug-likeness (QED) is 0.680. The summed E-state index contributed by atoms with van der Waals surface area (Å²) in [5.74, 6) is -0.749.